The van der Waals surface area contributed by atoms with Crippen LogP contribution >= 0.6 is 0 Å². The van der Waals surface area contributed by atoms with Crippen molar-refractivity contribution in [1.82, 2.24) is 4.90 Å². The van der Waals surface area contributed by atoms with Crippen LogP contribution in [-0.4, -0.2) is 29.5 Å². The van der Waals surface area contributed by atoms with Crippen molar-refractivity contribution in [3.05, 3.63) is 28.0 Å². The van der Waals surface area contributed by atoms with Crippen LogP contribution in [0.4, 0.5) is 5.88 Å². The lowest BCUT2D eigenvalue weighted by molar-refractivity contribution is -0.402. The number of rotatable bonds is 7. The maximum atomic E-state index is 10.5. The van der Waals surface area contributed by atoms with Gasteiger partial charge in [0.25, 0.3) is 0 Å². The van der Waals surface area contributed by atoms with Gasteiger partial charge in [-0.15, -0.1) is 0 Å². The maximum absolute atomic E-state index is 10.5. The number of hydrogen-bond acceptors (Lipinski definition) is 5. The molecule has 18 heavy (non-hydrogen) atoms. The Morgan fingerprint density at radius 2 is 2.17 bits per heavy atom. The van der Waals surface area contributed by atoms with Gasteiger partial charge in [-0.2, -0.15) is 0 Å². The highest BCUT2D eigenvalue weighted by Gasteiger charge is 2.14. The zero-order chi connectivity index (χ0) is 13.7. The molecule has 0 aliphatic heterocycles. The molecule has 1 atom stereocenters. The third-order valence-electron chi connectivity index (χ3n) is 2.95. The predicted molar refractivity (Wildman–Crippen MR) is 69.1 cm³/mol. The van der Waals surface area contributed by atoms with Crippen LogP contribution < -0.4 is 5.73 Å². The van der Waals surface area contributed by atoms with Gasteiger partial charge in [0, 0.05) is 6.04 Å². The average Bonchev–Trinajstić information content (AvgIpc) is 2.74. The lowest BCUT2D eigenvalue weighted by Crippen LogP contribution is -2.31. The first-order chi connectivity index (χ1) is 8.40. The minimum atomic E-state index is -0.530. The molecule has 0 bridgehead atoms. The summed E-state index contributed by atoms with van der Waals surface area (Å²) in [6.45, 7) is 5.59. The Kier molecular flexibility index (Phi) is 5.30. The van der Waals surface area contributed by atoms with Crippen LogP contribution in [0.1, 0.15) is 26.0 Å². The van der Waals surface area contributed by atoms with E-state index in [9.17, 15) is 10.1 Å². The maximum Gasteiger partial charge on any atom is 0.433 e. The highest BCUT2D eigenvalue weighted by molar-refractivity contribution is 5.17. The first kappa shape index (κ1) is 14.7. The monoisotopic (exact) mass is 255 g/mol. The van der Waals surface area contributed by atoms with Gasteiger partial charge in [-0.05, 0) is 32.0 Å². The summed E-state index contributed by atoms with van der Waals surface area (Å²) in [6.07, 6.45) is 0.900. The molecule has 0 aliphatic rings. The van der Waals surface area contributed by atoms with Gasteiger partial charge in [0.05, 0.1) is 12.6 Å². The average molecular weight is 255 g/mol. The molecule has 1 unspecified atom stereocenters. The van der Waals surface area contributed by atoms with Crippen molar-refractivity contribution in [2.75, 3.05) is 13.6 Å². The van der Waals surface area contributed by atoms with E-state index in [1.807, 2.05) is 11.9 Å². The summed E-state index contributed by atoms with van der Waals surface area (Å²) in [6, 6.07) is 3.19. The van der Waals surface area contributed by atoms with Crippen molar-refractivity contribution in [2.24, 2.45) is 11.7 Å². The molecule has 1 aromatic rings. The van der Waals surface area contributed by atoms with E-state index in [1.54, 1.807) is 6.07 Å². The van der Waals surface area contributed by atoms with E-state index >= 15 is 0 Å². The number of nitrogens with two attached hydrogens (primary N) is 1. The molecule has 6 heteroatoms. The molecule has 2 N–H and O–H groups in total. The summed E-state index contributed by atoms with van der Waals surface area (Å²) in [5.74, 6) is 0.850. The van der Waals surface area contributed by atoms with Crippen LogP contribution in [0.3, 0.4) is 0 Å². The summed E-state index contributed by atoms with van der Waals surface area (Å²) in [5, 5.41) is 10.5. The quantitative estimate of drug-likeness (QED) is 0.595. The number of nitro groups is 1. The van der Waals surface area contributed by atoms with Gasteiger partial charge in [-0.25, -0.2) is 0 Å². The molecule has 0 amide bonds. The largest absolute Gasteiger partial charge is 0.433 e. The molecule has 102 valence electrons. The summed E-state index contributed by atoms with van der Waals surface area (Å²) in [7, 11) is 1.95. The Balaban J connectivity index is 2.39. The van der Waals surface area contributed by atoms with Crippen LogP contribution in [0.25, 0.3) is 0 Å². The van der Waals surface area contributed by atoms with Crippen LogP contribution in [0.15, 0.2) is 16.5 Å². The van der Waals surface area contributed by atoms with Gasteiger partial charge < -0.3 is 10.2 Å². The van der Waals surface area contributed by atoms with E-state index in [1.165, 1.54) is 6.07 Å². The van der Waals surface area contributed by atoms with Crippen molar-refractivity contribution < 1.29 is 9.34 Å². The standard InChI is InChI=1S/C12H21N3O3/c1-9(2)11(13)6-7-14(3)8-10-4-5-12(18-10)15(16)17/h4-5,9,11H,6-8,13H2,1-3H3. The van der Waals surface area contributed by atoms with Gasteiger partial charge in [0.15, 0.2) is 0 Å². The molecule has 0 radical (unpaired) electrons. The van der Waals surface area contributed by atoms with Crippen molar-refractivity contribution in [2.45, 2.75) is 32.9 Å². The van der Waals surface area contributed by atoms with Gasteiger partial charge in [-0.1, -0.05) is 13.8 Å². The van der Waals surface area contributed by atoms with Crippen molar-refractivity contribution in [1.29, 1.82) is 0 Å². The second-order valence-electron chi connectivity index (χ2n) is 4.93. The Hall–Kier alpha value is -1.40. The smallest absolute Gasteiger partial charge is 0.404 e. The SMILES string of the molecule is CC(C)C(N)CCN(C)Cc1ccc([N+](=O)[O-])o1. The molecule has 1 heterocycles. The third-order valence-corrected chi connectivity index (χ3v) is 2.95. The minimum Gasteiger partial charge on any atom is -0.404 e. The van der Waals surface area contributed by atoms with E-state index in [0.29, 0.717) is 18.2 Å². The predicted octanol–water partition coefficient (Wildman–Crippen LogP) is 1.99. The number of nitrogens with zero attached hydrogens (tertiary/aromatic N) is 2. The minimum absolute atomic E-state index is 0.179. The summed E-state index contributed by atoms with van der Waals surface area (Å²) >= 11 is 0. The fourth-order valence-corrected chi connectivity index (χ4v) is 1.60. The van der Waals surface area contributed by atoms with E-state index in [0.717, 1.165) is 13.0 Å². The van der Waals surface area contributed by atoms with Crippen LogP contribution in [-0.2, 0) is 6.54 Å². The van der Waals surface area contributed by atoms with Crippen molar-refractivity contribution >= 4 is 5.88 Å². The highest BCUT2D eigenvalue weighted by Crippen LogP contribution is 2.17. The first-order valence-corrected chi connectivity index (χ1v) is 6.07. The van der Waals surface area contributed by atoms with Gasteiger partial charge >= 0.3 is 5.88 Å². The topological polar surface area (TPSA) is 85.5 Å². The van der Waals surface area contributed by atoms with Crippen molar-refractivity contribution in [3.63, 3.8) is 0 Å². The van der Waals surface area contributed by atoms with Crippen LogP contribution in [0, 0.1) is 16.0 Å². The molecular weight excluding hydrogens is 234 g/mol. The lowest BCUT2D eigenvalue weighted by atomic mass is 10.0. The zero-order valence-electron chi connectivity index (χ0n) is 11.1. The van der Waals surface area contributed by atoms with E-state index < -0.39 is 4.92 Å². The second-order valence-corrected chi connectivity index (χ2v) is 4.93. The van der Waals surface area contributed by atoms with E-state index in [2.05, 4.69) is 13.8 Å². The molecule has 0 saturated heterocycles. The molecule has 0 fully saturated rings. The Bertz CT molecular complexity index is 390. The zero-order valence-corrected chi connectivity index (χ0v) is 11.1. The Labute approximate surface area is 107 Å². The van der Waals surface area contributed by atoms with Crippen molar-refractivity contribution in [3.8, 4) is 0 Å². The van der Waals surface area contributed by atoms with Gasteiger partial charge in [0.2, 0.25) is 0 Å². The van der Waals surface area contributed by atoms with Crippen LogP contribution in [0.5, 0.6) is 0 Å². The van der Waals surface area contributed by atoms with Crippen LogP contribution in [0.2, 0.25) is 0 Å². The molecule has 0 aliphatic carbocycles. The van der Waals surface area contributed by atoms with Gasteiger partial charge in [0.1, 0.15) is 10.7 Å². The lowest BCUT2D eigenvalue weighted by Gasteiger charge is -2.20. The van der Waals surface area contributed by atoms with E-state index in [4.69, 9.17) is 10.2 Å². The molecule has 1 rings (SSSR count). The Morgan fingerprint density at radius 3 is 2.67 bits per heavy atom. The second kappa shape index (κ2) is 6.51. The summed E-state index contributed by atoms with van der Waals surface area (Å²) in [5.41, 5.74) is 5.96. The van der Waals surface area contributed by atoms with E-state index in [-0.39, 0.29) is 11.9 Å². The number of hydrogen-bond donors (Lipinski definition) is 1. The molecule has 6 nitrogen and oxygen atoms in total. The number of furan rings is 1. The molecule has 0 saturated carbocycles. The first-order valence-electron chi connectivity index (χ1n) is 6.07. The Morgan fingerprint density at radius 1 is 1.50 bits per heavy atom. The highest BCUT2D eigenvalue weighted by atomic mass is 16.6. The fraction of sp³-hybridized carbons (Fsp3) is 0.667. The van der Waals surface area contributed by atoms with Gasteiger partial charge in [-0.3, -0.25) is 15.0 Å². The fourth-order valence-electron chi connectivity index (χ4n) is 1.60. The summed E-state index contributed by atoms with van der Waals surface area (Å²) < 4.78 is 5.10. The molecule has 0 spiro atoms. The molecular formula is C12H21N3O3. The normalized spacial score (nSPS) is 13.2. The molecule has 1 aromatic heterocycles. The summed E-state index contributed by atoms with van der Waals surface area (Å²) in [4.78, 5) is 12.0. The molecule has 0 aromatic carbocycles. The third kappa shape index (κ3) is 4.46.